The van der Waals surface area contributed by atoms with Gasteiger partial charge in [-0.25, -0.2) is 0 Å². The zero-order valence-corrected chi connectivity index (χ0v) is 55.9. The van der Waals surface area contributed by atoms with Gasteiger partial charge >= 0.3 is 0 Å². The summed E-state index contributed by atoms with van der Waals surface area (Å²) in [6.07, 6.45) is 36.3. The van der Waals surface area contributed by atoms with Crippen LogP contribution in [0.4, 0.5) is 0 Å². The standard InChI is InChI=1S/C71H131NO18/c1-3-5-7-9-11-13-15-16-17-18-19-20-21-22-23-24-25-26-27-28-29-30-31-32-33-34-35-36-37-38-39-41-43-45-47-49-59(77)72-54(55(76)48-46-44-42-40-14-12-10-8-6-4-2)53-85-69-65(83)62(80)67(57(51-74)87-69)90-71-66(84)63(81)68(58(52-75)88-71)89-70-64(82)61(79)60(78)56(50-73)86-70/h6,8,14,40,46,48,54-58,60-71,73-76,78-84H,3-5,7,9-13,15-39,41-45,47,49-53H2,1-2H3,(H,72,77)/b8-6+,40-14+,48-46+. The molecule has 12 N–H and O–H groups in total. The van der Waals surface area contributed by atoms with Crippen LogP contribution in [0.5, 0.6) is 0 Å². The molecule has 0 spiro atoms. The van der Waals surface area contributed by atoms with Crippen molar-refractivity contribution in [2.75, 3.05) is 26.4 Å². The lowest BCUT2D eigenvalue weighted by atomic mass is 9.96. The number of aliphatic hydroxyl groups excluding tert-OH is 11. The number of carbonyl (C=O) groups is 1. The fourth-order valence-electron chi connectivity index (χ4n) is 12.4. The quantitative estimate of drug-likeness (QED) is 0.0199. The first-order valence-corrected chi connectivity index (χ1v) is 36.2. The van der Waals surface area contributed by atoms with Crippen molar-refractivity contribution in [1.29, 1.82) is 0 Å². The van der Waals surface area contributed by atoms with Crippen molar-refractivity contribution in [1.82, 2.24) is 5.32 Å². The monoisotopic (exact) mass is 1290 g/mol. The minimum absolute atomic E-state index is 0.235. The molecule has 3 fully saturated rings. The van der Waals surface area contributed by atoms with Gasteiger partial charge in [-0.15, -0.1) is 0 Å². The number of hydrogen-bond acceptors (Lipinski definition) is 18. The normalized spacial score (nSPS) is 28.2. The number of allylic oxidation sites excluding steroid dienone is 5. The zero-order valence-electron chi connectivity index (χ0n) is 55.9. The first-order chi connectivity index (χ1) is 43.8. The third-order valence-electron chi connectivity index (χ3n) is 18.2. The Hall–Kier alpha value is -1.99. The molecule has 0 aromatic rings. The number of nitrogens with one attached hydrogen (secondary N) is 1. The lowest BCUT2D eigenvalue weighted by Gasteiger charge is -2.48. The molecule has 17 unspecified atom stereocenters. The van der Waals surface area contributed by atoms with E-state index in [4.69, 9.17) is 28.4 Å². The molecule has 528 valence electrons. The summed E-state index contributed by atoms with van der Waals surface area (Å²) in [6.45, 7) is 1.59. The van der Waals surface area contributed by atoms with E-state index in [9.17, 15) is 61.0 Å². The lowest BCUT2D eigenvalue weighted by molar-refractivity contribution is -0.379. The third kappa shape index (κ3) is 34.6. The predicted octanol–water partition coefficient (Wildman–Crippen LogP) is 10.00. The van der Waals surface area contributed by atoms with Gasteiger partial charge in [0.1, 0.15) is 73.2 Å². The minimum atomic E-state index is -1.98. The van der Waals surface area contributed by atoms with Gasteiger partial charge in [0.15, 0.2) is 18.9 Å². The highest BCUT2D eigenvalue weighted by molar-refractivity contribution is 5.76. The van der Waals surface area contributed by atoms with Crippen molar-refractivity contribution in [3.8, 4) is 0 Å². The van der Waals surface area contributed by atoms with E-state index in [0.717, 1.165) is 44.9 Å². The Labute approximate surface area is 542 Å². The number of amides is 1. The van der Waals surface area contributed by atoms with Crippen LogP contribution < -0.4 is 5.32 Å². The summed E-state index contributed by atoms with van der Waals surface area (Å²) in [5, 5.41) is 120. The maximum atomic E-state index is 13.4. The molecule has 90 heavy (non-hydrogen) atoms. The Kier molecular flexibility index (Phi) is 48.6. The molecule has 17 atom stereocenters. The van der Waals surface area contributed by atoms with Crippen LogP contribution in [0.2, 0.25) is 0 Å². The molecule has 1 amide bonds. The molecule has 3 aliphatic heterocycles. The van der Waals surface area contributed by atoms with E-state index < -0.39 is 124 Å². The van der Waals surface area contributed by atoms with Crippen LogP contribution in [-0.4, -0.2) is 193 Å². The highest BCUT2D eigenvalue weighted by Crippen LogP contribution is 2.33. The van der Waals surface area contributed by atoms with Crippen LogP contribution in [0, 0.1) is 0 Å². The second kappa shape index (κ2) is 53.2. The average Bonchev–Trinajstić information content (AvgIpc) is 0.881. The van der Waals surface area contributed by atoms with Gasteiger partial charge in [0.05, 0.1) is 38.6 Å². The Morgan fingerprint density at radius 1 is 0.400 bits per heavy atom. The molecule has 0 bridgehead atoms. The topological polar surface area (TPSA) is 307 Å². The maximum absolute atomic E-state index is 13.4. The third-order valence-corrected chi connectivity index (χ3v) is 18.2. The van der Waals surface area contributed by atoms with Gasteiger partial charge in [-0.1, -0.05) is 269 Å². The van der Waals surface area contributed by atoms with Gasteiger partial charge in [-0.2, -0.15) is 0 Å². The molecule has 0 radical (unpaired) electrons. The summed E-state index contributed by atoms with van der Waals surface area (Å²) in [6, 6.07) is -0.993. The van der Waals surface area contributed by atoms with Crippen LogP contribution in [-0.2, 0) is 33.2 Å². The van der Waals surface area contributed by atoms with Gasteiger partial charge in [0, 0.05) is 6.42 Å². The first-order valence-electron chi connectivity index (χ1n) is 36.2. The van der Waals surface area contributed by atoms with E-state index in [0.29, 0.717) is 12.8 Å². The van der Waals surface area contributed by atoms with Gasteiger partial charge < -0.3 is 89.9 Å². The second-order valence-corrected chi connectivity index (χ2v) is 26.0. The summed E-state index contributed by atoms with van der Waals surface area (Å²) in [5.41, 5.74) is 0. The molecule has 0 aliphatic carbocycles. The molecule has 3 heterocycles. The van der Waals surface area contributed by atoms with Crippen molar-refractivity contribution < 1.29 is 89.4 Å². The van der Waals surface area contributed by atoms with Gasteiger partial charge in [0.2, 0.25) is 5.91 Å². The van der Waals surface area contributed by atoms with E-state index in [1.165, 1.54) is 199 Å². The van der Waals surface area contributed by atoms with Crippen molar-refractivity contribution in [3.63, 3.8) is 0 Å². The smallest absolute Gasteiger partial charge is 0.220 e. The number of aliphatic hydroxyl groups is 11. The van der Waals surface area contributed by atoms with E-state index in [1.54, 1.807) is 6.08 Å². The minimum Gasteiger partial charge on any atom is -0.394 e. The number of ether oxygens (including phenoxy) is 6. The maximum Gasteiger partial charge on any atom is 0.220 e. The molecule has 3 aliphatic rings. The van der Waals surface area contributed by atoms with Crippen LogP contribution in [0.15, 0.2) is 36.5 Å². The van der Waals surface area contributed by atoms with Crippen LogP contribution in [0.25, 0.3) is 0 Å². The summed E-state index contributed by atoms with van der Waals surface area (Å²) >= 11 is 0. The Balaban J connectivity index is 1.30. The molecule has 0 aromatic carbocycles. The Bertz CT molecular complexity index is 1780. The van der Waals surface area contributed by atoms with Crippen molar-refractivity contribution >= 4 is 5.91 Å². The Morgan fingerprint density at radius 2 is 0.722 bits per heavy atom. The average molecular weight is 1290 g/mol. The van der Waals surface area contributed by atoms with Crippen molar-refractivity contribution in [3.05, 3.63) is 36.5 Å². The molecular weight excluding hydrogens is 1150 g/mol. The van der Waals surface area contributed by atoms with E-state index in [1.807, 2.05) is 6.08 Å². The number of unbranched alkanes of at least 4 members (excludes halogenated alkanes) is 36. The van der Waals surface area contributed by atoms with E-state index in [2.05, 4.69) is 43.5 Å². The molecule has 3 rings (SSSR count). The molecule has 0 saturated carbocycles. The molecular formula is C71H131NO18. The van der Waals surface area contributed by atoms with E-state index >= 15 is 0 Å². The van der Waals surface area contributed by atoms with Gasteiger partial charge in [-0.05, 0) is 38.5 Å². The molecule has 19 nitrogen and oxygen atoms in total. The summed E-state index contributed by atoms with van der Waals surface area (Å²) < 4.78 is 34.2. The molecule has 0 aromatic heterocycles. The zero-order chi connectivity index (χ0) is 65.4. The Morgan fingerprint density at radius 3 is 1.10 bits per heavy atom. The number of hydrogen-bond donors (Lipinski definition) is 12. The van der Waals surface area contributed by atoms with E-state index in [-0.39, 0.29) is 18.9 Å². The van der Waals surface area contributed by atoms with Crippen molar-refractivity contribution in [2.45, 2.75) is 381 Å². The molecule has 19 heteroatoms. The molecule has 3 saturated heterocycles. The summed E-state index contributed by atoms with van der Waals surface area (Å²) in [4.78, 5) is 13.4. The highest BCUT2D eigenvalue weighted by atomic mass is 16.8. The summed E-state index contributed by atoms with van der Waals surface area (Å²) in [7, 11) is 0. The second-order valence-electron chi connectivity index (χ2n) is 26.0. The predicted molar refractivity (Wildman–Crippen MR) is 351 cm³/mol. The van der Waals surface area contributed by atoms with Crippen molar-refractivity contribution in [2.24, 2.45) is 0 Å². The van der Waals surface area contributed by atoms with Crippen LogP contribution >= 0.6 is 0 Å². The van der Waals surface area contributed by atoms with Gasteiger partial charge in [-0.3, -0.25) is 4.79 Å². The first kappa shape index (κ1) is 82.2. The SMILES string of the molecule is CC/C=C/CC/C=C/CC/C=C/C(O)C(COC1OC(CO)C(OC2OC(CO)C(OC3OC(CO)C(O)C(O)C3O)C(O)C2O)C(O)C1O)NC(=O)CCCCCCCCCCCCCCCCCCCCCCCCCCCCCCCCCCCCC. The summed E-state index contributed by atoms with van der Waals surface area (Å²) in [5.74, 6) is -0.288. The lowest BCUT2D eigenvalue weighted by Crippen LogP contribution is -2.66. The van der Waals surface area contributed by atoms with Crippen LogP contribution in [0.1, 0.15) is 277 Å². The number of carbonyl (C=O) groups excluding carboxylic acids is 1. The van der Waals surface area contributed by atoms with Crippen LogP contribution in [0.3, 0.4) is 0 Å². The largest absolute Gasteiger partial charge is 0.394 e. The highest BCUT2D eigenvalue weighted by Gasteiger charge is 2.53. The number of rotatable bonds is 56. The van der Waals surface area contributed by atoms with Gasteiger partial charge in [0.25, 0.3) is 0 Å². The fourth-order valence-corrected chi connectivity index (χ4v) is 12.4. The fraction of sp³-hybridized carbons (Fsp3) is 0.901.